The van der Waals surface area contributed by atoms with Crippen molar-refractivity contribution in [1.29, 1.82) is 0 Å². The molecule has 3 nitrogen and oxygen atoms in total. The molecule has 0 amide bonds. The van der Waals surface area contributed by atoms with Crippen LogP contribution in [0.3, 0.4) is 0 Å². The molecule has 0 aliphatic heterocycles. The van der Waals surface area contributed by atoms with Crippen molar-refractivity contribution in [2.75, 3.05) is 0 Å². The van der Waals surface area contributed by atoms with Crippen LogP contribution in [0.15, 0.2) is 83.5 Å². The van der Waals surface area contributed by atoms with E-state index in [4.69, 9.17) is 4.42 Å². The van der Waals surface area contributed by atoms with Crippen molar-refractivity contribution < 1.29 is 4.42 Å². The summed E-state index contributed by atoms with van der Waals surface area (Å²) < 4.78 is 6.25. The molecule has 29 heavy (non-hydrogen) atoms. The zero-order chi connectivity index (χ0) is 20.0. The number of hydrogen-bond donors (Lipinski definition) is 0. The van der Waals surface area contributed by atoms with Gasteiger partial charge in [0.05, 0.1) is 0 Å². The lowest BCUT2D eigenvalue weighted by Gasteiger charge is -2.22. The molecule has 5 aromatic rings. The van der Waals surface area contributed by atoms with Gasteiger partial charge in [0.1, 0.15) is 23.3 Å². The molecule has 0 N–H and O–H groups in total. The van der Waals surface area contributed by atoms with Gasteiger partial charge in [-0.3, -0.25) is 0 Å². The first-order valence-corrected chi connectivity index (χ1v) is 9.84. The monoisotopic (exact) mass is 378 g/mol. The van der Waals surface area contributed by atoms with Gasteiger partial charge in [-0.15, -0.1) is 0 Å². The lowest BCUT2D eigenvalue weighted by molar-refractivity contribution is 0.596. The van der Waals surface area contributed by atoms with E-state index in [0.717, 1.165) is 33.7 Å². The number of aromatic nitrogens is 2. The summed E-state index contributed by atoms with van der Waals surface area (Å²) in [4.78, 5) is 9.05. The highest BCUT2D eigenvalue weighted by Gasteiger charge is 2.20. The molecule has 142 valence electrons. The quantitative estimate of drug-likeness (QED) is 0.332. The molecule has 0 saturated heterocycles. The molecule has 2 heterocycles. The lowest BCUT2D eigenvalue weighted by Crippen LogP contribution is -2.12. The third-order valence-electron chi connectivity index (χ3n) is 5.31. The molecule has 0 spiro atoms. The average Bonchev–Trinajstić information content (AvgIpc) is 3.17. The van der Waals surface area contributed by atoms with Crippen molar-refractivity contribution in [3.63, 3.8) is 0 Å². The minimum Gasteiger partial charge on any atom is -0.452 e. The molecule has 0 fully saturated rings. The van der Waals surface area contributed by atoms with Crippen LogP contribution in [0.4, 0.5) is 0 Å². The van der Waals surface area contributed by atoms with Gasteiger partial charge in [0.25, 0.3) is 0 Å². The van der Waals surface area contributed by atoms with Crippen molar-refractivity contribution in [3.8, 4) is 22.6 Å². The van der Waals surface area contributed by atoms with Gasteiger partial charge in [0.2, 0.25) is 0 Å². The molecule has 3 heteroatoms. The summed E-state index contributed by atoms with van der Waals surface area (Å²) in [7, 11) is 0. The second-order valence-electron chi connectivity index (χ2n) is 8.41. The normalized spacial score (nSPS) is 12.0. The van der Waals surface area contributed by atoms with Crippen LogP contribution in [-0.4, -0.2) is 9.97 Å². The molecule has 0 saturated carbocycles. The van der Waals surface area contributed by atoms with Crippen LogP contribution < -0.4 is 0 Å². The Morgan fingerprint density at radius 1 is 0.759 bits per heavy atom. The molecule has 0 aliphatic carbocycles. The van der Waals surface area contributed by atoms with Gasteiger partial charge in [-0.1, -0.05) is 75.4 Å². The summed E-state index contributed by atoms with van der Waals surface area (Å²) >= 11 is 0. The Kier molecular flexibility index (Phi) is 3.99. The summed E-state index contributed by atoms with van der Waals surface area (Å²) in [5, 5.41) is 2.48. The largest absolute Gasteiger partial charge is 0.452 e. The van der Waals surface area contributed by atoms with Crippen molar-refractivity contribution >= 4 is 21.9 Å². The molecule has 0 aliphatic rings. The smallest absolute Gasteiger partial charge is 0.179 e. The van der Waals surface area contributed by atoms with Crippen LogP contribution in [0.2, 0.25) is 0 Å². The maximum atomic E-state index is 6.25. The first kappa shape index (κ1) is 17.6. The van der Waals surface area contributed by atoms with E-state index in [2.05, 4.69) is 67.1 Å². The third-order valence-corrected chi connectivity index (χ3v) is 5.31. The van der Waals surface area contributed by atoms with Crippen molar-refractivity contribution in [1.82, 2.24) is 9.97 Å². The molecular formula is C26H22N2O. The first-order valence-electron chi connectivity index (χ1n) is 9.84. The Labute approximate surface area is 170 Å². The summed E-state index contributed by atoms with van der Waals surface area (Å²) in [6, 6.07) is 25.0. The maximum absolute atomic E-state index is 6.25. The zero-order valence-electron chi connectivity index (χ0n) is 16.8. The number of benzene rings is 3. The van der Waals surface area contributed by atoms with E-state index in [0.29, 0.717) is 0 Å². The van der Waals surface area contributed by atoms with E-state index < -0.39 is 0 Å². The Morgan fingerprint density at radius 3 is 2.31 bits per heavy atom. The van der Waals surface area contributed by atoms with Gasteiger partial charge in [-0.25, -0.2) is 9.97 Å². The Hall–Kier alpha value is -3.46. The van der Waals surface area contributed by atoms with Crippen molar-refractivity contribution in [2.45, 2.75) is 26.2 Å². The second-order valence-corrected chi connectivity index (χ2v) is 8.41. The summed E-state index contributed by atoms with van der Waals surface area (Å²) in [5.41, 5.74) is 5.77. The van der Waals surface area contributed by atoms with E-state index in [-0.39, 0.29) is 5.41 Å². The van der Waals surface area contributed by atoms with E-state index in [1.807, 2.05) is 36.4 Å². The third kappa shape index (κ3) is 3.09. The Bertz CT molecular complexity index is 1330. The SMILES string of the molecule is CC(C)(C)c1cc(-c2ncnc3cc(-c4ccccc4)oc23)cc2ccccc12. The number of fused-ring (bicyclic) bond motifs is 2. The van der Waals surface area contributed by atoms with Crippen LogP contribution in [0.25, 0.3) is 44.5 Å². The zero-order valence-corrected chi connectivity index (χ0v) is 16.8. The number of rotatable bonds is 2. The molecule has 0 unspecified atom stereocenters. The minimum absolute atomic E-state index is 0.0140. The highest BCUT2D eigenvalue weighted by atomic mass is 16.3. The fraction of sp³-hybridized carbons (Fsp3) is 0.154. The highest BCUT2D eigenvalue weighted by molar-refractivity contribution is 5.96. The predicted octanol–water partition coefficient (Wildman–Crippen LogP) is 7.01. The lowest BCUT2D eigenvalue weighted by atomic mass is 9.82. The standard InChI is InChI=1S/C26H22N2O/c1-26(2,3)21-14-19(13-18-11-7-8-12-20(18)21)24-25-22(27-16-28-24)15-23(29-25)17-9-5-4-6-10-17/h4-16H,1-3H3. The molecule has 5 rings (SSSR count). The van der Waals surface area contributed by atoms with Crippen LogP contribution >= 0.6 is 0 Å². The highest BCUT2D eigenvalue weighted by Crippen LogP contribution is 2.37. The molecule has 0 bridgehead atoms. The number of hydrogen-bond acceptors (Lipinski definition) is 3. The molecular weight excluding hydrogens is 356 g/mol. The van der Waals surface area contributed by atoms with Crippen LogP contribution in [0, 0.1) is 0 Å². The Balaban J connectivity index is 1.76. The number of furan rings is 1. The van der Waals surface area contributed by atoms with Gasteiger partial charge in [-0.05, 0) is 33.9 Å². The van der Waals surface area contributed by atoms with Crippen molar-refractivity contribution in [3.05, 3.63) is 84.7 Å². The number of nitrogens with zero attached hydrogens (tertiary/aromatic N) is 2. The van der Waals surface area contributed by atoms with E-state index in [1.54, 1.807) is 6.33 Å². The predicted molar refractivity (Wildman–Crippen MR) is 119 cm³/mol. The second kappa shape index (κ2) is 6.56. The molecule has 2 aromatic heterocycles. The molecule has 0 atom stereocenters. The Morgan fingerprint density at radius 2 is 1.52 bits per heavy atom. The maximum Gasteiger partial charge on any atom is 0.179 e. The van der Waals surface area contributed by atoms with E-state index in [1.165, 1.54) is 16.3 Å². The summed E-state index contributed by atoms with van der Waals surface area (Å²) in [5.74, 6) is 0.805. The van der Waals surface area contributed by atoms with Gasteiger partial charge in [0, 0.05) is 17.2 Å². The van der Waals surface area contributed by atoms with Gasteiger partial charge in [0.15, 0.2) is 5.58 Å². The fourth-order valence-electron chi connectivity index (χ4n) is 3.87. The summed E-state index contributed by atoms with van der Waals surface area (Å²) in [6.45, 7) is 6.73. The average molecular weight is 378 g/mol. The van der Waals surface area contributed by atoms with Crippen LogP contribution in [0.1, 0.15) is 26.3 Å². The first-order chi connectivity index (χ1) is 14.0. The van der Waals surface area contributed by atoms with Gasteiger partial charge < -0.3 is 4.42 Å². The topological polar surface area (TPSA) is 38.9 Å². The van der Waals surface area contributed by atoms with Gasteiger partial charge >= 0.3 is 0 Å². The fourth-order valence-corrected chi connectivity index (χ4v) is 3.87. The van der Waals surface area contributed by atoms with Gasteiger partial charge in [-0.2, -0.15) is 0 Å². The van der Waals surface area contributed by atoms with Crippen molar-refractivity contribution in [2.24, 2.45) is 0 Å². The molecule has 3 aromatic carbocycles. The summed E-state index contributed by atoms with van der Waals surface area (Å²) in [6.07, 6.45) is 1.62. The van der Waals surface area contributed by atoms with Crippen LogP contribution in [-0.2, 0) is 5.41 Å². The van der Waals surface area contributed by atoms with E-state index >= 15 is 0 Å². The minimum atomic E-state index is 0.0140. The van der Waals surface area contributed by atoms with Crippen LogP contribution in [0.5, 0.6) is 0 Å². The van der Waals surface area contributed by atoms with E-state index in [9.17, 15) is 0 Å². The molecule has 0 radical (unpaired) electrons.